The Balaban J connectivity index is 3.44. The summed E-state index contributed by atoms with van der Waals surface area (Å²) in [6.45, 7) is 0. The second-order valence-corrected chi connectivity index (χ2v) is 2.77. The van der Waals surface area contributed by atoms with Crippen molar-refractivity contribution in [1.29, 1.82) is 5.26 Å². The summed E-state index contributed by atoms with van der Waals surface area (Å²) in [5, 5.41) is 7.58. The summed E-state index contributed by atoms with van der Waals surface area (Å²) >= 11 is 5.12. The summed E-state index contributed by atoms with van der Waals surface area (Å²) in [7, 11) is 1.34. The van der Waals surface area contributed by atoms with Crippen LogP contribution in [0, 0.1) is 17.1 Å². The van der Waals surface area contributed by atoms with Gasteiger partial charge in [-0.1, -0.05) is 0 Å². The van der Waals surface area contributed by atoms with Crippen LogP contribution >= 0.6 is 11.6 Å². The molecule has 0 aromatic heterocycles. The predicted octanol–water partition coefficient (Wildman–Crippen LogP) is 2.08. The van der Waals surface area contributed by atoms with Crippen LogP contribution in [0.3, 0.4) is 0 Å². The molecular weight excluding hydrogens is 209 g/mol. The molecule has 0 radical (unpaired) electrons. The molecule has 1 rings (SSSR count). The lowest BCUT2D eigenvalue weighted by molar-refractivity contribution is 0.107. The molecule has 0 atom stereocenters. The van der Waals surface area contributed by atoms with E-state index in [-0.39, 0.29) is 16.9 Å². The lowest BCUT2D eigenvalue weighted by Crippen LogP contribution is -1.99. The molecule has 0 aliphatic carbocycles. The Morgan fingerprint density at radius 1 is 1.64 bits per heavy atom. The Labute approximate surface area is 84.7 Å². The van der Waals surface area contributed by atoms with Crippen molar-refractivity contribution in [3.8, 4) is 11.8 Å². The summed E-state index contributed by atoms with van der Waals surface area (Å²) in [5.74, 6) is -0.708. The largest absolute Gasteiger partial charge is 0.497 e. The minimum absolute atomic E-state index is 0.215. The average molecular weight is 214 g/mol. The van der Waals surface area contributed by atoms with Crippen LogP contribution in [0.4, 0.5) is 4.39 Å². The number of carbonyl (C=O) groups is 1. The summed E-state index contributed by atoms with van der Waals surface area (Å²) in [4.78, 5) is 10.8. The Bertz CT molecular complexity index is 426. The first-order chi connectivity index (χ1) is 6.60. The molecule has 0 bridgehead atoms. The first-order valence-electron chi connectivity index (χ1n) is 3.57. The van der Waals surface area contributed by atoms with Crippen molar-refractivity contribution in [2.45, 2.75) is 0 Å². The number of nitriles is 1. The first kappa shape index (κ1) is 10.5. The van der Waals surface area contributed by atoms with Crippen molar-refractivity contribution >= 4 is 16.8 Å². The van der Waals surface area contributed by atoms with Crippen molar-refractivity contribution in [2.24, 2.45) is 0 Å². The number of nitrogens with zero attached hydrogens (tertiary/aromatic N) is 1. The normalized spacial score (nSPS) is 9.29. The molecule has 0 unspecified atom stereocenters. The number of hydrogen-bond donors (Lipinski definition) is 0. The van der Waals surface area contributed by atoms with Crippen LogP contribution < -0.4 is 4.74 Å². The maximum atomic E-state index is 13.3. The maximum Gasteiger partial charge on any atom is 0.255 e. The second kappa shape index (κ2) is 4.07. The number of carbonyl (C=O) groups excluding carboxylic acids is 1. The van der Waals surface area contributed by atoms with E-state index in [0.717, 1.165) is 6.07 Å². The zero-order valence-corrected chi connectivity index (χ0v) is 7.93. The minimum Gasteiger partial charge on any atom is -0.497 e. The molecule has 0 saturated carbocycles. The third-order valence-electron chi connectivity index (χ3n) is 1.61. The van der Waals surface area contributed by atoms with E-state index in [9.17, 15) is 9.18 Å². The third kappa shape index (κ3) is 1.83. The number of rotatable bonds is 2. The molecular formula is C9H5ClFNO2. The Morgan fingerprint density at radius 3 is 2.71 bits per heavy atom. The van der Waals surface area contributed by atoms with Gasteiger partial charge in [0.25, 0.3) is 5.24 Å². The molecule has 0 aliphatic rings. The van der Waals surface area contributed by atoms with Gasteiger partial charge in [-0.3, -0.25) is 4.79 Å². The van der Waals surface area contributed by atoms with Crippen LogP contribution in [-0.4, -0.2) is 12.4 Å². The fraction of sp³-hybridized carbons (Fsp3) is 0.111. The van der Waals surface area contributed by atoms with Crippen molar-refractivity contribution in [3.63, 3.8) is 0 Å². The van der Waals surface area contributed by atoms with E-state index in [0.29, 0.717) is 0 Å². The zero-order valence-electron chi connectivity index (χ0n) is 7.17. The Hall–Kier alpha value is -1.60. The highest BCUT2D eigenvalue weighted by atomic mass is 35.5. The molecule has 14 heavy (non-hydrogen) atoms. The van der Waals surface area contributed by atoms with Gasteiger partial charge in [0.1, 0.15) is 11.8 Å². The smallest absolute Gasteiger partial charge is 0.255 e. The van der Waals surface area contributed by atoms with Gasteiger partial charge < -0.3 is 4.74 Å². The minimum atomic E-state index is -0.960. The van der Waals surface area contributed by atoms with Crippen molar-refractivity contribution < 1.29 is 13.9 Å². The molecule has 1 aromatic carbocycles. The third-order valence-corrected chi connectivity index (χ3v) is 1.82. The molecule has 72 valence electrons. The summed E-state index contributed by atoms with van der Waals surface area (Å²) in [5.41, 5.74) is -0.629. The molecule has 1 aromatic rings. The SMILES string of the molecule is COc1cc(C#N)c(F)c(C(=O)Cl)c1. The van der Waals surface area contributed by atoms with Crippen LogP contribution in [0.2, 0.25) is 0 Å². The number of ether oxygens (including phenoxy) is 1. The predicted molar refractivity (Wildman–Crippen MR) is 47.9 cm³/mol. The van der Waals surface area contributed by atoms with Gasteiger partial charge in [-0.15, -0.1) is 0 Å². The maximum absolute atomic E-state index is 13.3. The summed E-state index contributed by atoms with van der Waals surface area (Å²) in [6.07, 6.45) is 0. The molecule has 0 heterocycles. The standard InChI is InChI=1S/C9H5ClFNO2/c1-14-6-2-5(4-12)8(11)7(3-6)9(10)13/h2-3H,1H3. The van der Waals surface area contributed by atoms with Gasteiger partial charge in [-0.2, -0.15) is 5.26 Å². The Morgan fingerprint density at radius 2 is 2.29 bits per heavy atom. The fourth-order valence-corrected chi connectivity index (χ4v) is 1.08. The Kier molecular flexibility index (Phi) is 3.05. The van der Waals surface area contributed by atoms with E-state index in [4.69, 9.17) is 21.6 Å². The lowest BCUT2D eigenvalue weighted by atomic mass is 10.1. The average Bonchev–Trinajstić information content (AvgIpc) is 2.17. The van der Waals surface area contributed by atoms with Gasteiger partial charge in [-0.05, 0) is 17.7 Å². The van der Waals surface area contributed by atoms with Gasteiger partial charge in [0.2, 0.25) is 0 Å². The summed E-state index contributed by atoms with van der Waals surface area (Å²) < 4.78 is 18.0. The summed E-state index contributed by atoms with van der Waals surface area (Å²) in [6, 6.07) is 3.94. The quantitative estimate of drug-likeness (QED) is 0.707. The number of benzene rings is 1. The molecule has 0 fully saturated rings. The number of hydrogen-bond acceptors (Lipinski definition) is 3. The highest BCUT2D eigenvalue weighted by molar-refractivity contribution is 6.67. The van der Waals surface area contributed by atoms with Crippen LogP contribution in [0.25, 0.3) is 0 Å². The van der Waals surface area contributed by atoms with Gasteiger partial charge >= 0.3 is 0 Å². The van der Waals surface area contributed by atoms with E-state index in [1.807, 2.05) is 0 Å². The first-order valence-corrected chi connectivity index (χ1v) is 3.95. The molecule has 5 heteroatoms. The molecule has 0 N–H and O–H groups in total. The van der Waals surface area contributed by atoms with Gasteiger partial charge in [0, 0.05) is 6.07 Å². The van der Waals surface area contributed by atoms with Gasteiger partial charge in [0.15, 0.2) is 5.82 Å². The van der Waals surface area contributed by atoms with Gasteiger partial charge in [-0.25, -0.2) is 4.39 Å². The molecule has 0 aliphatic heterocycles. The number of halogens is 2. The highest BCUT2D eigenvalue weighted by Crippen LogP contribution is 2.22. The van der Waals surface area contributed by atoms with Crippen molar-refractivity contribution in [2.75, 3.05) is 7.11 Å². The number of methoxy groups -OCH3 is 1. The highest BCUT2D eigenvalue weighted by Gasteiger charge is 2.15. The zero-order chi connectivity index (χ0) is 10.7. The van der Waals surface area contributed by atoms with E-state index in [1.165, 1.54) is 13.2 Å². The molecule has 3 nitrogen and oxygen atoms in total. The van der Waals surface area contributed by atoms with Gasteiger partial charge in [0.05, 0.1) is 18.2 Å². The topological polar surface area (TPSA) is 50.1 Å². The molecule has 0 amide bonds. The van der Waals surface area contributed by atoms with E-state index in [2.05, 4.69) is 0 Å². The van der Waals surface area contributed by atoms with Crippen molar-refractivity contribution in [1.82, 2.24) is 0 Å². The van der Waals surface area contributed by atoms with E-state index >= 15 is 0 Å². The van der Waals surface area contributed by atoms with Crippen LogP contribution in [0.15, 0.2) is 12.1 Å². The van der Waals surface area contributed by atoms with Crippen molar-refractivity contribution in [3.05, 3.63) is 29.1 Å². The monoisotopic (exact) mass is 213 g/mol. The van der Waals surface area contributed by atoms with Crippen LogP contribution in [0.1, 0.15) is 15.9 Å². The van der Waals surface area contributed by atoms with E-state index < -0.39 is 11.1 Å². The lowest BCUT2D eigenvalue weighted by Gasteiger charge is -2.03. The second-order valence-electron chi connectivity index (χ2n) is 2.42. The van der Waals surface area contributed by atoms with Crippen LogP contribution in [-0.2, 0) is 0 Å². The van der Waals surface area contributed by atoms with E-state index in [1.54, 1.807) is 6.07 Å². The molecule has 0 saturated heterocycles. The molecule has 0 spiro atoms. The van der Waals surface area contributed by atoms with Crippen LogP contribution in [0.5, 0.6) is 5.75 Å². The fourth-order valence-electron chi connectivity index (χ4n) is 0.940.